The number of benzene rings is 3. The molecule has 1 aromatic heterocycles. The molecule has 1 N–H and O–H groups in total. The molecule has 150 valence electrons. The number of carbonyl (C=O) groups excluding carboxylic acids is 1. The molecule has 0 saturated carbocycles. The van der Waals surface area contributed by atoms with Crippen LogP contribution in [0.15, 0.2) is 87.5 Å². The van der Waals surface area contributed by atoms with E-state index in [0.29, 0.717) is 23.2 Å². The third kappa shape index (κ3) is 3.84. The summed E-state index contributed by atoms with van der Waals surface area (Å²) in [5, 5.41) is 19.6. The summed E-state index contributed by atoms with van der Waals surface area (Å²) in [5.41, 5.74) is 2.36. The number of hydrogen-bond acceptors (Lipinski definition) is 4. The first-order chi connectivity index (χ1) is 14.6. The number of para-hydroxylation sites is 1. The lowest BCUT2D eigenvalue weighted by molar-refractivity contribution is 0.0992. The average molecular weight is 464 g/mol. The van der Waals surface area contributed by atoms with E-state index in [-0.39, 0.29) is 11.6 Å². The van der Waals surface area contributed by atoms with Gasteiger partial charge in [0.05, 0.1) is 24.7 Å². The standard InChI is InChI=1S/C23H18BrN3O3/c1-30-20-10-6-5-9-17(20)22(28)26-25-21-18-13-16(24)11-12-19(18)27(23(21)29)14-15-7-3-2-4-8-15/h2-13,29H,14H2,1H3. The number of carbonyl (C=O) groups is 1. The van der Waals surface area contributed by atoms with E-state index in [1.165, 1.54) is 7.11 Å². The largest absolute Gasteiger partial charge is 0.496 e. The number of methoxy groups -OCH3 is 1. The minimum absolute atomic E-state index is 0.0523. The molecule has 0 spiro atoms. The van der Waals surface area contributed by atoms with Crippen LogP contribution in [0.2, 0.25) is 0 Å². The molecule has 1 amide bonds. The Morgan fingerprint density at radius 3 is 2.57 bits per heavy atom. The number of halogens is 1. The van der Waals surface area contributed by atoms with E-state index >= 15 is 0 Å². The first kappa shape index (κ1) is 19.8. The predicted octanol–water partition coefficient (Wildman–Crippen LogP) is 6.09. The summed E-state index contributed by atoms with van der Waals surface area (Å²) in [4.78, 5) is 12.6. The molecule has 0 aliphatic carbocycles. The van der Waals surface area contributed by atoms with Gasteiger partial charge < -0.3 is 14.4 Å². The number of hydrogen-bond donors (Lipinski definition) is 1. The predicted molar refractivity (Wildman–Crippen MR) is 119 cm³/mol. The van der Waals surface area contributed by atoms with E-state index in [4.69, 9.17) is 4.74 Å². The summed E-state index contributed by atoms with van der Waals surface area (Å²) >= 11 is 3.46. The molecule has 4 rings (SSSR count). The van der Waals surface area contributed by atoms with Gasteiger partial charge in [0.2, 0.25) is 5.88 Å². The molecule has 7 heteroatoms. The smallest absolute Gasteiger partial charge is 0.299 e. The van der Waals surface area contributed by atoms with Crippen molar-refractivity contribution in [2.45, 2.75) is 6.54 Å². The fourth-order valence-electron chi connectivity index (χ4n) is 3.29. The fourth-order valence-corrected chi connectivity index (χ4v) is 3.65. The zero-order chi connectivity index (χ0) is 21.1. The van der Waals surface area contributed by atoms with Crippen LogP contribution in [0.25, 0.3) is 10.9 Å². The van der Waals surface area contributed by atoms with E-state index in [1.807, 2.05) is 48.5 Å². The van der Waals surface area contributed by atoms with Crippen LogP contribution in [0.5, 0.6) is 11.6 Å². The van der Waals surface area contributed by atoms with Gasteiger partial charge in [-0.25, -0.2) is 0 Å². The Balaban J connectivity index is 1.77. The zero-order valence-corrected chi connectivity index (χ0v) is 17.7. The molecular formula is C23H18BrN3O3. The van der Waals surface area contributed by atoms with Crippen molar-refractivity contribution in [1.29, 1.82) is 0 Å². The van der Waals surface area contributed by atoms with Crippen LogP contribution in [0.4, 0.5) is 5.69 Å². The Kier molecular flexibility index (Phi) is 5.63. The third-order valence-corrected chi connectivity index (χ3v) is 5.23. The third-order valence-electron chi connectivity index (χ3n) is 4.73. The topological polar surface area (TPSA) is 76.2 Å². The van der Waals surface area contributed by atoms with Crippen molar-refractivity contribution in [3.8, 4) is 11.6 Å². The molecule has 4 aromatic rings. The molecule has 30 heavy (non-hydrogen) atoms. The number of azo groups is 1. The highest BCUT2D eigenvalue weighted by Crippen LogP contribution is 2.40. The second kappa shape index (κ2) is 8.51. The molecule has 0 saturated heterocycles. The lowest BCUT2D eigenvalue weighted by atomic mass is 10.2. The quantitative estimate of drug-likeness (QED) is 0.363. The maximum Gasteiger partial charge on any atom is 0.299 e. The zero-order valence-electron chi connectivity index (χ0n) is 16.1. The maximum atomic E-state index is 12.6. The molecule has 1 heterocycles. The van der Waals surface area contributed by atoms with E-state index in [0.717, 1.165) is 15.6 Å². The van der Waals surface area contributed by atoms with Gasteiger partial charge in [0.1, 0.15) is 5.75 Å². The second-order valence-corrected chi connectivity index (χ2v) is 7.53. The number of nitrogens with zero attached hydrogens (tertiary/aromatic N) is 3. The van der Waals surface area contributed by atoms with Gasteiger partial charge in [-0.05, 0) is 35.9 Å². The van der Waals surface area contributed by atoms with Crippen LogP contribution < -0.4 is 4.74 Å². The summed E-state index contributed by atoms with van der Waals surface area (Å²) in [6, 6.07) is 22.2. The number of amides is 1. The number of aromatic hydroxyl groups is 1. The van der Waals surface area contributed by atoms with Crippen molar-refractivity contribution < 1.29 is 14.6 Å². The van der Waals surface area contributed by atoms with E-state index in [2.05, 4.69) is 26.2 Å². The molecular weight excluding hydrogens is 446 g/mol. The van der Waals surface area contributed by atoms with Crippen molar-refractivity contribution >= 4 is 38.4 Å². The number of rotatable bonds is 5. The summed E-state index contributed by atoms with van der Waals surface area (Å²) in [7, 11) is 1.49. The van der Waals surface area contributed by atoms with Gasteiger partial charge in [0, 0.05) is 9.86 Å². The van der Waals surface area contributed by atoms with Gasteiger partial charge in [-0.1, -0.05) is 58.4 Å². The van der Waals surface area contributed by atoms with E-state index in [1.54, 1.807) is 28.8 Å². The minimum atomic E-state index is -0.550. The van der Waals surface area contributed by atoms with Gasteiger partial charge in [0.25, 0.3) is 5.91 Å². The van der Waals surface area contributed by atoms with Crippen LogP contribution >= 0.6 is 15.9 Å². The highest BCUT2D eigenvalue weighted by molar-refractivity contribution is 9.10. The molecule has 0 unspecified atom stereocenters. The van der Waals surface area contributed by atoms with Gasteiger partial charge >= 0.3 is 0 Å². The Bertz CT molecular complexity index is 1250. The summed E-state index contributed by atoms with van der Waals surface area (Å²) in [6.07, 6.45) is 0. The normalized spacial score (nSPS) is 11.3. The van der Waals surface area contributed by atoms with Crippen LogP contribution in [-0.2, 0) is 6.54 Å². The SMILES string of the molecule is COc1ccccc1C(=O)N=Nc1c(O)n(Cc2ccccc2)c2ccc(Br)cc12. The molecule has 6 nitrogen and oxygen atoms in total. The maximum absolute atomic E-state index is 12.6. The highest BCUT2D eigenvalue weighted by atomic mass is 79.9. The van der Waals surface area contributed by atoms with Gasteiger partial charge in [0.15, 0.2) is 5.69 Å². The monoisotopic (exact) mass is 463 g/mol. The molecule has 0 aliphatic rings. The van der Waals surface area contributed by atoms with Crippen LogP contribution in [0.1, 0.15) is 15.9 Å². The van der Waals surface area contributed by atoms with Gasteiger partial charge in [-0.2, -0.15) is 0 Å². The van der Waals surface area contributed by atoms with Gasteiger partial charge in [-0.3, -0.25) is 4.79 Å². The molecule has 0 radical (unpaired) electrons. The van der Waals surface area contributed by atoms with Crippen LogP contribution in [-0.4, -0.2) is 22.7 Å². The van der Waals surface area contributed by atoms with E-state index < -0.39 is 5.91 Å². The summed E-state index contributed by atoms with van der Waals surface area (Å²) in [5.74, 6) is -0.186. The van der Waals surface area contributed by atoms with Crippen molar-refractivity contribution in [3.63, 3.8) is 0 Å². The lowest BCUT2D eigenvalue weighted by Gasteiger charge is -2.07. The molecule has 3 aromatic carbocycles. The van der Waals surface area contributed by atoms with Crippen LogP contribution in [0.3, 0.4) is 0 Å². The van der Waals surface area contributed by atoms with Crippen molar-refractivity contribution in [2.75, 3.05) is 7.11 Å². The Morgan fingerprint density at radius 1 is 1.07 bits per heavy atom. The van der Waals surface area contributed by atoms with Crippen LogP contribution in [0, 0.1) is 0 Å². The molecule has 0 bridgehead atoms. The Hall–Kier alpha value is -3.45. The first-order valence-corrected chi connectivity index (χ1v) is 10.0. The molecule has 0 fully saturated rings. The van der Waals surface area contributed by atoms with Crippen molar-refractivity contribution in [3.05, 3.63) is 88.4 Å². The molecule has 0 atom stereocenters. The Labute approximate surface area is 181 Å². The van der Waals surface area contributed by atoms with Crippen molar-refractivity contribution in [2.24, 2.45) is 10.2 Å². The number of fused-ring (bicyclic) bond motifs is 1. The number of aromatic nitrogens is 1. The van der Waals surface area contributed by atoms with Crippen molar-refractivity contribution in [1.82, 2.24) is 4.57 Å². The molecule has 0 aliphatic heterocycles. The first-order valence-electron chi connectivity index (χ1n) is 9.22. The minimum Gasteiger partial charge on any atom is -0.496 e. The summed E-state index contributed by atoms with van der Waals surface area (Å²) in [6.45, 7) is 0.459. The fraction of sp³-hybridized carbons (Fsp3) is 0.0870. The van der Waals surface area contributed by atoms with Gasteiger partial charge in [-0.15, -0.1) is 10.2 Å². The van der Waals surface area contributed by atoms with E-state index in [9.17, 15) is 9.90 Å². The highest BCUT2D eigenvalue weighted by Gasteiger charge is 2.18. The summed E-state index contributed by atoms with van der Waals surface area (Å²) < 4.78 is 7.80. The number of ether oxygens (including phenoxy) is 1. The Morgan fingerprint density at radius 2 is 1.80 bits per heavy atom. The lowest BCUT2D eigenvalue weighted by Crippen LogP contribution is -1.98. The second-order valence-electron chi connectivity index (χ2n) is 6.61. The average Bonchev–Trinajstić information content (AvgIpc) is 3.02.